The van der Waals surface area contributed by atoms with Crippen molar-refractivity contribution >= 4 is 10.0 Å². The average Bonchev–Trinajstić information content (AvgIpc) is 3.13. The van der Waals surface area contributed by atoms with Crippen molar-refractivity contribution in [2.24, 2.45) is 5.92 Å². The summed E-state index contributed by atoms with van der Waals surface area (Å²) in [7, 11) is -3.35. The number of benzene rings is 1. The molecule has 5 nitrogen and oxygen atoms in total. The number of H-pyrrole nitrogens is 1. The monoisotopic (exact) mass is 317 g/mol. The van der Waals surface area contributed by atoms with Gasteiger partial charge in [0.1, 0.15) is 0 Å². The first kappa shape index (κ1) is 14.0. The summed E-state index contributed by atoms with van der Waals surface area (Å²) in [4.78, 5) is 5.96. The number of rotatable bonds is 4. The summed E-state index contributed by atoms with van der Waals surface area (Å²) in [5, 5.41) is 0. The van der Waals surface area contributed by atoms with Crippen molar-refractivity contribution in [1.29, 1.82) is 0 Å². The van der Waals surface area contributed by atoms with Gasteiger partial charge in [-0.25, -0.2) is 8.42 Å². The Labute approximate surface area is 130 Å². The van der Waals surface area contributed by atoms with Crippen LogP contribution in [0.2, 0.25) is 0 Å². The maximum Gasteiger partial charge on any atom is 0.243 e. The minimum atomic E-state index is -3.35. The van der Waals surface area contributed by atoms with Crippen LogP contribution in [-0.2, 0) is 16.6 Å². The van der Waals surface area contributed by atoms with Crippen LogP contribution in [0.4, 0.5) is 0 Å². The normalized spacial score (nSPS) is 25.8. The van der Waals surface area contributed by atoms with Gasteiger partial charge in [0.15, 0.2) is 0 Å². The molecule has 1 aromatic carbocycles. The zero-order valence-electron chi connectivity index (χ0n) is 12.2. The zero-order valence-corrected chi connectivity index (χ0v) is 13.0. The molecular formula is C16H19N3O2S. The fourth-order valence-electron chi connectivity index (χ4n) is 3.51. The second kappa shape index (κ2) is 5.22. The Morgan fingerprint density at radius 2 is 1.86 bits per heavy atom. The molecule has 6 heteroatoms. The molecule has 2 aliphatic rings. The van der Waals surface area contributed by atoms with Gasteiger partial charge in [0.2, 0.25) is 10.0 Å². The topological polar surface area (TPSA) is 56.4 Å². The van der Waals surface area contributed by atoms with Crippen molar-refractivity contribution < 1.29 is 8.42 Å². The van der Waals surface area contributed by atoms with E-state index in [0.717, 1.165) is 13.1 Å². The van der Waals surface area contributed by atoms with Crippen LogP contribution >= 0.6 is 0 Å². The predicted molar refractivity (Wildman–Crippen MR) is 83.7 cm³/mol. The van der Waals surface area contributed by atoms with Crippen molar-refractivity contribution in [3.05, 3.63) is 54.4 Å². The molecule has 2 aliphatic heterocycles. The Balaban J connectivity index is 1.47. The highest BCUT2D eigenvalue weighted by Crippen LogP contribution is 2.35. The minimum Gasteiger partial charge on any atom is -0.364 e. The van der Waals surface area contributed by atoms with E-state index in [1.165, 1.54) is 5.69 Å². The Kier molecular flexibility index (Phi) is 3.32. The maximum atomic E-state index is 12.7. The first-order valence-electron chi connectivity index (χ1n) is 7.56. The number of aromatic amines is 1. The van der Waals surface area contributed by atoms with E-state index in [1.807, 2.05) is 18.3 Å². The number of sulfonamides is 1. The SMILES string of the molecule is O=S(=O)(c1ccccc1)N1CC2CN(Cc3ccc[nH]3)C2C1. The highest BCUT2D eigenvalue weighted by Gasteiger charge is 2.48. The van der Waals surface area contributed by atoms with E-state index in [0.29, 0.717) is 29.9 Å². The molecule has 0 aliphatic carbocycles. The Morgan fingerprint density at radius 3 is 2.59 bits per heavy atom. The minimum absolute atomic E-state index is 0.349. The van der Waals surface area contributed by atoms with Gasteiger partial charge in [-0.2, -0.15) is 4.31 Å². The van der Waals surface area contributed by atoms with Crippen molar-refractivity contribution in [3.8, 4) is 0 Å². The summed E-state index contributed by atoms with van der Waals surface area (Å²) in [6.07, 6.45) is 1.92. The lowest BCUT2D eigenvalue weighted by atomic mass is 9.92. The molecule has 2 atom stereocenters. The van der Waals surface area contributed by atoms with E-state index in [1.54, 1.807) is 28.6 Å². The fourth-order valence-corrected chi connectivity index (χ4v) is 5.05. The van der Waals surface area contributed by atoms with Crippen molar-refractivity contribution in [2.45, 2.75) is 17.5 Å². The average molecular weight is 317 g/mol. The van der Waals surface area contributed by atoms with E-state index < -0.39 is 10.0 Å². The summed E-state index contributed by atoms with van der Waals surface area (Å²) in [6, 6.07) is 13.1. The Morgan fingerprint density at radius 1 is 1.05 bits per heavy atom. The Bertz CT molecular complexity index is 743. The molecule has 3 heterocycles. The second-order valence-electron chi connectivity index (χ2n) is 6.09. The second-order valence-corrected chi connectivity index (χ2v) is 8.03. The number of nitrogens with zero attached hydrogens (tertiary/aromatic N) is 2. The highest BCUT2D eigenvalue weighted by atomic mass is 32.2. The molecule has 0 saturated carbocycles. The van der Waals surface area contributed by atoms with E-state index in [4.69, 9.17) is 0 Å². The molecule has 2 fully saturated rings. The summed E-state index contributed by atoms with van der Waals surface area (Å²) < 4.78 is 27.0. The maximum absolute atomic E-state index is 12.7. The van der Waals surface area contributed by atoms with Gasteiger partial charge in [0.05, 0.1) is 4.90 Å². The van der Waals surface area contributed by atoms with Crippen LogP contribution < -0.4 is 0 Å². The van der Waals surface area contributed by atoms with Gasteiger partial charge in [-0.1, -0.05) is 18.2 Å². The molecule has 2 saturated heterocycles. The number of hydrogen-bond acceptors (Lipinski definition) is 3. The summed E-state index contributed by atoms with van der Waals surface area (Å²) in [6.45, 7) is 3.09. The zero-order chi connectivity index (χ0) is 15.2. The molecule has 0 bridgehead atoms. The third-order valence-electron chi connectivity index (χ3n) is 4.73. The number of fused-ring (bicyclic) bond motifs is 1. The molecule has 2 aromatic rings. The van der Waals surface area contributed by atoms with Crippen LogP contribution in [0.3, 0.4) is 0 Å². The van der Waals surface area contributed by atoms with E-state index in [9.17, 15) is 8.42 Å². The van der Waals surface area contributed by atoms with E-state index in [2.05, 4.69) is 16.0 Å². The van der Waals surface area contributed by atoms with Gasteiger partial charge in [0, 0.05) is 50.0 Å². The third kappa shape index (κ3) is 2.27. The molecule has 2 unspecified atom stereocenters. The lowest BCUT2D eigenvalue weighted by Gasteiger charge is -2.43. The summed E-state index contributed by atoms with van der Waals surface area (Å²) >= 11 is 0. The lowest BCUT2D eigenvalue weighted by Crippen LogP contribution is -2.54. The van der Waals surface area contributed by atoms with Crippen LogP contribution in [-0.4, -0.2) is 48.3 Å². The molecule has 0 amide bonds. The molecule has 0 spiro atoms. The van der Waals surface area contributed by atoms with Crippen LogP contribution in [0.1, 0.15) is 5.69 Å². The van der Waals surface area contributed by atoms with Gasteiger partial charge in [-0.05, 0) is 24.3 Å². The van der Waals surface area contributed by atoms with Crippen molar-refractivity contribution in [3.63, 3.8) is 0 Å². The van der Waals surface area contributed by atoms with E-state index in [-0.39, 0.29) is 0 Å². The van der Waals surface area contributed by atoms with Crippen LogP contribution in [0.15, 0.2) is 53.6 Å². The third-order valence-corrected chi connectivity index (χ3v) is 6.57. The molecule has 116 valence electrons. The number of likely N-dealkylation sites (tertiary alicyclic amines) is 1. The van der Waals surface area contributed by atoms with Gasteiger partial charge in [0.25, 0.3) is 0 Å². The molecule has 1 N–H and O–H groups in total. The van der Waals surface area contributed by atoms with Crippen molar-refractivity contribution in [1.82, 2.24) is 14.2 Å². The summed E-state index contributed by atoms with van der Waals surface area (Å²) in [5.74, 6) is 0.466. The van der Waals surface area contributed by atoms with Crippen LogP contribution in [0.5, 0.6) is 0 Å². The molecule has 22 heavy (non-hydrogen) atoms. The van der Waals surface area contributed by atoms with Crippen LogP contribution in [0.25, 0.3) is 0 Å². The van der Waals surface area contributed by atoms with E-state index >= 15 is 0 Å². The largest absolute Gasteiger partial charge is 0.364 e. The Hall–Kier alpha value is -1.63. The lowest BCUT2D eigenvalue weighted by molar-refractivity contribution is 0.0424. The van der Waals surface area contributed by atoms with Gasteiger partial charge < -0.3 is 4.98 Å². The molecule has 4 rings (SSSR count). The first-order valence-corrected chi connectivity index (χ1v) is 9.00. The smallest absolute Gasteiger partial charge is 0.243 e. The van der Waals surface area contributed by atoms with Crippen molar-refractivity contribution in [2.75, 3.05) is 19.6 Å². The highest BCUT2D eigenvalue weighted by molar-refractivity contribution is 7.89. The fraction of sp³-hybridized carbons (Fsp3) is 0.375. The number of nitrogens with one attached hydrogen (secondary N) is 1. The van der Waals surface area contributed by atoms with Gasteiger partial charge in [-0.3, -0.25) is 4.90 Å². The molecule has 1 aromatic heterocycles. The number of aromatic nitrogens is 1. The van der Waals surface area contributed by atoms with Crippen LogP contribution in [0, 0.1) is 5.92 Å². The quantitative estimate of drug-likeness (QED) is 0.930. The van der Waals surface area contributed by atoms with Gasteiger partial charge >= 0.3 is 0 Å². The molecule has 0 radical (unpaired) electrons. The number of hydrogen-bond donors (Lipinski definition) is 1. The molecular weight excluding hydrogens is 298 g/mol. The first-order chi connectivity index (χ1) is 10.6. The summed E-state index contributed by atoms with van der Waals surface area (Å²) in [5.41, 5.74) is 1.18. The standard InChI is InChI=1S/C16H19N3O2S/c20-22(21,15-6-2-1-3-7-15)19-10-13-9-18(16(13)12-19)11-14-5-4-8-17-14/h1-8,13,16-17H,9-12H2. The van der Waals surface area contributed by atoms with Gasteiger partial charge in [-0.15, -0.1) is 0 Å². The predicted octanol–water partition coefficient (Wildman–Crippen LogP) is 1.52.